The van der Waals surface area contributed by atoms with Crippen molar-refractivity contribution in [2.45, 2.75) is 24.0 Å². The maximum absolute atomic E-state index is 8.70. The molecule has 0 saturated heterocycles. The highest BCUT2D eigenvalue weighted by atomic mass is 35.5. The molecule has 0 bridgehead atoms. The van der Waals surface area contributed by atoms with Crippen LogP contribution in [-0.2, 0) is 12.2 Å². The molecule has 92 valence electrons. The molecule has 2 nitrogen and oxygen atoms in total. The number of hydrogen-bond donors (Lipinski definition) is 0. The molecule has 1 aromatic heterocycles. The van der Waals surface area contributed by atoms with Gasteiger partial charge in [-0.15, -0.1) is 23.1 Å². The first-order valence-electron chi connectivity index (χ1n) is 5.39. The van der Waals surface area contributed by atoms with Crippen LogP contribution in [0.15, 0.2) is 29.2 Å². The van der Waals surface area contributed by atoms with Crippen LogP contribution in [0.5, 0.6) is 0 Å². The Kier molecular flexibility index (Phi) is 4.65. The quantitative estimate of drug-likeness (QED) is 0.781. The van der Waals surface area contributed by atoms with Crippen LogP contribution in [0.2, 0.25) is 5.02 Å². The van der Waals surface area contributed by atoms with Gasteiger partial charge in [-0.05, 0) is 31.2 Å². The smallest absolute Gasteiger partial charge is 0.103 e. The molecule has 0 aliphatic heterocycles. The van der Waals surface area contributed by atoms with Gasteiger partial charge in [-0.3, -0.25) is 0 Å². The average Bonchev–Trinajstić information content (AvgIpc) is 2.70. The summed E-state index contributed by atoms with van der Waals surface area (Å²) in [6, 6.07) is 9.95. The summed E-state index contributed by atoms with van der Waals surface area (Å²) in [5.41, 5.74) is 0.980. The van der Waals surface area contributed by atoms with Crippen molar-refractivity contribution < 1.29 is 0 Å². The van der Waals surface area contributed by atoms with Gasteiger partial charge in [0.05, 0.1) is 23.9 Å². The highest BCUT2D eigenvalue weighted by Crippen LogP contribution is 2.27. The number of aryl methyl sites for hydroxylation is 1. The number of halogens is 1. The summed E-state index contributed by atoms with van der Waals surface area (Å²) in [6.45, 7) is 1.96. The van der Waals surface area contributed by atoms with E-state index in [0.29, 0.717) is 6.42 Å². The zero-order valence-electron chi connectivity index (χ0n) is 9.81. The Balaban J connectivity index is 2.00. The SMILES string of the molecule is Cc1nc(CSc2ccc(Cl)cc2)sc1CC#N. The second-order valence-corrected chi connectivity index (χ2v) is 6.35. The fraction of sp³-hybridized carbons (Fsp3) is 0.231. The Bertz CT molecular complexity index is 570. The third-order valence-electron chi connectivity index (χ3n) is 2.35. The zero-order valence-corrected chi connectivity index (χ0v) is 12.2. The molecule has 1 heterocycles. The lowest BCUT2D eigenvalue weighted by molar-refractivity contribution is 1.14. The predicted octanol–water partition coefficient (Wildman–Crippen LogP) is 4.46. The summed E-state index contributed by atoms with van der Waals surface area (Å²) in [5, 5.41) is 10.5. The molecule has 0 N–H and O–H groups in total. The predicted molar refractivity (Wildman–Crippen MR) is 77.2 cm³/mol. The fourth-order valence-electron chi connectivity index (χ4n) is 1.46. The lowest BCUT2D eigenvalue weighted by Gasteiger charge is -1.98. The molecule has 18 heavy (non-hydrogen) atoms. The van der Waals surface area contributed by atoms with Crippen molar-refractivity contribution in [2.24, 2.45) is 0 Å². The molecule has 0 atom stereocenters. The highest BCUT2D eigenvalue weighted by Gasteiger charge is 2.07. The normalized spacial score (nSPS) is 10.3. The largest absolute Gasteiger partial charge is 0.245 e. The van der Waals surface area contributed by atoms with Gasteiger partial charge >= 0.3 is 0 Å². The van der Waals surface area contributed by atoms with Gasteiger partial charge in [-0.2, -0.15) is 5.26 Å². The van der Waals surface area contributed by atoms with Crippen molar-refractivity contribution in [1.82, 2.24) is 4.98 Å². The maximum atomic E-state index is 8.70. The number of benzene rings is 1. The Morgan fingerprint density at radius 3 is 2.78 bits per heavy atom. The van der Waals surface area contributed by atoms with Crippen molar-refractivity contribution >= 4 is 34.7 Å². The van der Waals surface area contributed by atoms with Gasteiger partial charge in [0.1, 0.15) is 5.01 Å². The van der Waals surface area contributed by atoms with Crippen LogP contribution < -0.4 is 0 Å². The van der Waals surface area contributed by atoms with Crippen LogP contribution in [0.25, 0.3) is 0 Å². The first-order chi connectivity index (χ1) is 8.69. The number of nitriles is 1. The van der Waals surface area contributed by atoms with Crippen LogP contribution >= 0.6 is 34.7 Å². The molecule has 1 aromatic carbocycles. The Hall–Kier alpha value is -1.02. The third-order valence-corrected chi connectivity index (χ3v) is 4.97. The molecule has 0 radical (unpaired) electrons. The minimum atomic E-state index is 0.453. The van der Waals surface area contributed by atoms with Gasteiger partial charge in [0.2, 0.25) is 0 Å². The monoisotopic (exact) mass is 294 g/mol. The minimum Gasteiger partial charge on any atom is -0.245 e. The van der Waals surface area contributed by atoms with Gasteiger partial charge in [0.25, 0.3) is 0 Å². The molecule has 0 spiro atoms. The van der Waals surface area contributed by atoms with Crippen molar-refractivity contribution in [3.05, 3.63) is 44.9 Å². The summed E-state index contributed by atoms with van der Waals surface area (Å²) in [5.74, 6) is 0.832. The third kappa shape index (κ3) is 3.49. The number of nitrogens with zero attached hydrogens (tertiary/aromatic N) is 2. The first-order valence-corrected chi connectivity index (χ1v) is 7.57. The van der Waals surface area contributed by atoms with Crippen LogP contribution in [0.4, 0.5) is 0 Å². The molecule has 2 rings (SSSR count). The van der Waals surface area contributed by atoms with Crippen LogP contribution in [0, 0.1) is 18.3 Å². The van der Waals surface area contributed by atoms with Crippen LogP contribution in [-0.4, -0.2) is 4.98 Å². The summed E-state index contributed by atoms with van der Waals surface area (Å²) >= 11 is 9.19. The van der Waals surface area contributed by atoms with Crippen molar-refractivity contribution in [3.63, 3.8) is 0 Å². The molecular weight excluding hydrogens is 284 g/mol. The van der Waals surface area contributed by atoms with E-state index in [1.807, 2.05) is 31.2 Å². The Morgan fingerprint density at radius 1 is 1.39 bits per heavy atom. The summed E-state index contributed by atoms with van der Waals surface area (Å²) < 4.78 is 0. The van der Waals surface area contributed by atoms with E-state index < -0.39 is 0 Å². The van der Waals surface area contributed by atoms with Gasteiger partial charge in [-0.1, -0.05) is 11.6 Å². The van der Waals surface area contributed by atoms with Gasteiger partial charge in [0.15, 0.2) is 0 Å². The molecule has 0 amide bonds. The van der Waals surface area contributed by atoms with E-state index in [1.165, 1.54) is 4.90 Å². The molecule has 2 aromatic rings. The molecular formula is C13H11ClN2S2. The minimum absolute atomic E-state index is 0.453. The van der Waals surface area contributed by atoms with E-state index in [1.54, 1.807) is 23.1 Å². The van der Waals surface area contributed by atoms with Crippen molar-refractivity contribution in [2.75, 3.05) is 0 Å². The van der Waals surface area contributed by atoms with E-state index in [9.17, 15) is 0 Å². The highest BCUT2D eigenvalue weighted by molar-refractivity contribution is 7.98. The van der Waals surface area contributed by atoms with E-state index >= 15 is 0 Å². The molecule has 0 fully saturated rings. The summed E-state index contributed by atoms with van der Waals surface area (Å²) in [4.78, 5) is 6.73. The lowest BCUT2D eigenvalue weighted by atomic mass is 10.3. The number of rotatable bonds is 4. The standard InChI is InChI=1S/C13H11ClN2S2/c1-9-12(6-7-15)18-13(16-9)8-17-11-4-2-10(14)3-5-11/h2-5H,6,8H2,1H3. The molecule has 0 aliphatic carbocycles. The molecule has 5 heteroatoms. The molecule has 0 saturated carbocycles. The first kappa shape index (κ1) is 13.4. The van der Waals surface area contributed by atoms with Crippen molar-refractivity contribution in [3.8, 4) is 6.07 Å². The Morgan fingerprint density at radius 2 is 2.11 bits per heavy atom. The van der Waals surface area contributed by atoms with E-state index in [-0.39, 0.29) is 0 Å². The van der Waals surface area contributed by atoms with E-state index in [2.05, 4.69) is 11.1 Å². The van der Waals surface area contributed by atoms with Gasteiger partial charge in [0, 0.05) is 14.8 Å². The van der Waals surface area contributed by atoms with Gasteiger partial charge < -0.3 is 0 Å². The Labute approximate surface area is 120 Å². The van der Waals surface area contributed by atoms with Crippen molar-refractivity contribution in [1.29, 1.82) is 5.26 Å². The van der Waals surface area contributed by atoms with E-state index in [4.69, 9.17) is 16.9 Å². The zero-order chi connectivity index (χ0) is 13.0. The van der Waals surface area contributed by atoms with E-state index in [0.717, 1.165) is 26.4 Å². The average molecular weight is 295 g/mol. The van der Waals surface area contributed by atoms with Crippen LogP contribution in [0.1, 0.15) is 15.6 Å². The maximum Gasteiger partial charge on any atom is 0.103 e. The number of thioether (sulfide) groups is 1. The number of hydrogen-bond acceptors (Lipinski definition) is 4. The molecule has 0 unspecified atom stereocenters. The second-order valence-electron chi connectivity index (χ2n) is 3.69. The lowest BCUT2D eigenvalue weighted by Crippen LogP contribution is -1.81. The molecule has 0 aliphatic rings. The topological polar surface area (TPSA) is 36.7 Å². The number of thiazole rings is 1. The van der Waals surface area contributed by atoms with Crippen LogP contribution in [0.3, 0.4) is 0 Å². The summed E-state index contributed by atoms with van der Waals surface area (Å²) in [6.07, 6.45) is 0.453. The van der Waals surface area contributed by atoms with Gasteiger partial charge in [-0.25, -0.2) is 4.98 Å². The number of aromatic nitrogens is 1. The fourth-order valence-corrected chi connectivity index (χ4v) is 3.48. The summed E-state index contributed by atoms with van der Waals surface area (Å²) in [7, 11) is 0. The second kappa shape index (κ2) is 6.24.